The smallest absolute Gasteiger partial charge is 0.123 e. The lowest BCUT2D eigenvalue weighted by molar-refractivity contribution is 0.0939. The fraction of sp³-hybridized carbons (Fsp3) is 0.200. The molecule has 1 atom stereocenters. The summed E-state index contributed by atoms with van der Waals surface area (Å²) in [6.45, 7) is 2.71. The number of benzene rings is 2. The molecule has 0 saturated carbocycles. The summed E-state index contributed by atoms with van der Waals surface area (Å²) in [6.07, 6.45) is -0.0498. The van der Waals surface area contributed by atoms with Gasteiger partial charge in [-0.1, -0.05) is 35.9 Å². The van der Waals surface area contributed by atoms with Gasteiger partial charge in [0.25, 0.3) is 0 Å². The van der Waals surface area contributed by atoms with E-state index in [-0.39, 0.29) is 11.9 Å². The van der Waals surface area contributed by atoms with Gasteiger partial charge in [0.15, 0.2) is 0 Å². The molecule has 1 aliphatic rings. The van der Waals surface area contributed by atoms with Crippen LogP contribution in [0.2, 0.25) is 0 Å². The van der Waals surface area contributed by atoms with Crippen LogP contribution >= 0.6 is 0 Å². The largest absolute Gasteiger partial charge is 0.364 e. The minimum Gasteiger partial charge on any atom is -0.364 e. The van der Waals surface area contributed by atoms with Gasteiger partial charge < -0.3 is 4.74 Å². The summed E-state index contributed by atoms with van der Waals surface area (Å²) in [7, 11) is 0. The Morgan fingerprint density at radius 2 is 1.88 bits per heavy atom. The maximum Gasteiger partial charge on any atom is 0.123 e. The first kappa shape index (κ1) is 10.5. The maximum atomic E-state index is 12.9. The molecular formula is C15H13FO. The highest BCUT2D eigenvalue weighted by atomic mass is 19.1. The van der Waals surface area contributed by atoms with Crippen molar-refractivity contribution in [1.82, 2.24) is 0 Å². The molecule has 0 fully saturated rings. The lowest BCUT2D eigenvalue weighted by atomic mass is 9.98. The lowest BCUT2D eigenvalue weighted by Crippen LogP contribution is -1.98. The number of halogens is 1. The third-order valence-corrected chi connectivity index (χ3v) is 3.16. The Bertz CT molecular complexity index is 545. The molecule has 3 rings (SSSR count). The number of aryl methyl sites for hydroxylation is 1. The van der Waals surface area contributed by atoms with Gasteiger partial charge in [0, 0.05) is 0 Å². The molecule has 0 spiro atoms. The van der Waals surface area contributed by atoms with E-state index < -0.39 is 0 Å². The third-order valence-electron chi connectivity index (χ3n) is 3.16. The Labute approximate surface area is 99.9 Å². The molecule has 0 amide bonds. The Morgan fingerprint density at radius 3 is 2.65 bits per heavy atom. The molecule has 2 heteroatoms. The highest BCUT2D eigenvalue weighted by Gasteiger charge is 2.24. The van der Waals surface area contributed by atoms with Crippen molar-refractivity contribution in [1.29, 1.82) is 0 Å². The van der Waals surface area contributed by atoms with Crippen molar-refractivity contribution < 1.29 is 9.13 Å². The first-order valence-corrected chi connectivity index (χ1v) is 5.70. The summed E-state index contributed by atoms with van der Waals surface area (Å²) < 4.78 is 18.7. The van der Waals surface area contributed by atoms with E-state index in [1.807, 2.05) is 0 Å². The molecule has 1 unspecified atom stereocenters. The van der Waals surface area contributed by atoms with E-state index in [4.69, 9.17) is 4.74 Å². The number of rotatable bonds is 1. The monoisotopic (exact) mass is 228 g/mol. The summed E-state index contributed by atoms with van der Waals surface area (Å²) in [5.41, 5.74) is 4.68. The summed E-state index contributed by atoms with van der Waals surface area (Å²) in [5, 5.41) is 0. The average molecular weight is 228 g/mol. The predicted octanol–water partition coefficient (Wildman–Crippen LogP) is 3.75. The van der Waals surface area contributed by atoms with Crippen molar-refractivity contribution in [3.05, 3.63) is 70.5 Å². The van der Waals surface area contributed by atoms with Crippen molar-refractivity contribution >= 4 is 0 Å². The zero-order chi connectivity index (χ0) is 11.8. The van der Waals surface area contributed by atoms with Crippen LogP contribution in [0.15, 0.2) is 42.5 Å². The van der Waals surface area contributed by atoms with Crippen molar-refractivity contribution in [2.24, 2.45) is 0 Å². The molecule has 0 radical (unpaired) electrons. The van der Waals surface area contributed by atoms with Gasteiger partial charge in [0.05, 0.1) is 6.61 Å². The first-order valence-electron chi connectivity index (χ1n) is 5.70. The standard InChI is InChI=1S/C15H13FO/c1-10-2-7-14-12(8-10)9-17-15(14)11-3-5-13(16)6-4-11/h2-8,15H,9H2,1H3. The minimum atomic E-state index is -0.212. The Morgan fingerprint density at radius 1 is 1.12 bits per heavy atom. The SMILES string of the molecule is Cc1ccc2c(c1)COC2c1ccc(F)cc1. The van der Waals surface area contributed by atoms with E-state index in [1.54, 1.807) is 12.1 Å². The third kappa shape index (κ3) is 1.85. The molecule has 0 aromatic heterocycles. The Hall–Kier alpha value is -1.67. The topological polar surface area (TPSA) is 9.23 Å². The fourth-order valence-corrected chi connectivity index (χ4v) is 2.29. The number of fused-ring (bicyclic) bond motifs is 1. The van der Waals surface area contributed by atoms with Gasteiger partial charge in [-0.2, -0.15) is 0 Å². The highest BCUT2D eigenvalue weighted by molar-refractivity contribution is 5.40. The zero-order valence-corrected chi connectivity index (χ0v) is 9.61. The van der Waals surface area contributed by atoms with Crippen LogP contribution in [0.4, 0.5) is 4.39 Å². The average Bonchev–Trinajstić information content (AvgIpc) is 2.73. The Kier molecular flexibility index (Phi) is 2.45. The van der Waals surface area contributed by atoms with Crippen LogP contribution in [-0.2, 0) is 11.3 Å². The van der Waals surface area contributed by atoms with Gasteiger partial charge in [-0.25, -0.2) is 4.39 Å². The van der Waals surface area contributed by atoms with E-state index in [1.165, 1.54) is 28.8 Å². The van der Waals surface area contributed by atoms with Crippen molar-refractivity contribution in [3.63, 3.8) is 0 Å². The second-order valence-electron chi connectivity index (χ2n) is 4.44. The molecule has 1 heterocycles. The molecule has 0 saturated heterocycles. The van der Waals surface area contributed by atoms with E-state index in [0.29, 0.717) is 6.61 Å². The molecule has 0 N–H and O–H groups in total. The maximum absolute atomic E-state index is 12.9. The van der Waals surface area contributed by atoms with E-state index >= 15 is 0 Å². The van der Waals surface area contributed by atoms with Crippen LogP contribution in [0.25, 0.3) is 0 Å². The molecule has 86 valence electrons. The molecule has 1 nitrogen and oxygen atoms in total. The second kappa shape index (κ2) is 3.97. The highest BCUT2D eigenvalue weighted by Crippen LogP contribution is 2.36. The fourth-order valence-electron chi connectivity index (χ4n) is 2.29. The number of ether oxygens (including phenoxy) is 1. The number of hydrogen-bond acceptors (Lipinski definition) is 1. The summed E-state index contributed by atoms with van der Waals surface area (Å²) in [4.78, 5) is 0. The van der Waals surface area contributed by atoms with Crippen LogP contribution in [-0.4, -0.2) is 0 Å². The second-order valence-corrected chi connectivity index (χ2v) is 4.44. The summed E-state index contributed by atoms with van der Waals surface area (Å²) in [5.74, 6) is -0.212. The van der Waals surface area contributed by atoms with Gasteiger partial charge in [0.1, 0.15) is 11.9 Å². The van der Waals surface area contributed by atoms with Gasteiger partial charge >= 0.3 is 0 Å². The van der Waals surface area contributed by atoms with Crippen molar-refractivity contribution in [3.8, 4) is 0 Å². The summed E-state index contributed by atoms with van der Waals surface area (Å²) >= 11 is 0. The first-order chi connectivity index (χ1) is 8.24. The molecular weight excluding hydrogens is 215 g/mol. The minimum absolute atomic E-state index is 0.0498. The van der Waals surface area contributed by atoms with Crippen LogP contribution < -0.4 is 0 Å². The van der Waals surface area contributed by atoms with Gasteiger partial charge in [0.2, 0.25) is 0 Å². The predicted molar refractivity (Wildman–Crippen MR) is 64.2 cm³/mol. The van der Waals surface area contributed by atoms with Crippen molar-refractivity contribution in [2.45, 2.75) is 19.6 Å². The molecule has 0 aliphatic carbocycles. The van der Waals surface area contributed by atoms with Crippen molar-refractivity contribution in [2.75, 3.05) is 0 Å². The van der Waals surface area contributed by atoms with Gasteiger partial charge in [-0.05, 0) is 35.7 Å². The van der Waals surface area contributed by atoms with Crippen LogP contribution in [0.3, 0.4) is 0 Å². The van der Waals surface area contributed by atoms with Gasteiger partial charge in [-0.3, -0.25) is 0 Å². The molecule has 2 aromatic rings. The van der Waals surface area contributed by atoms with Gasteiger partial charge in [-0.15, -0.1) is 0 Å². The molecule has 2 aromatic carbocycles. The Balaban J connectivity index is 2.01. The molecule has 0 bridgehead atoms. The quantitative estimate of drug-likeness (QED) is 0.722. The van der Waals surface area contributed by atoms with Crippen LogP contribution in [0.1, 0.15) is 28.4 Å². The van der Waals surface area contributed by atoms with E-state index in [2.05, 4.69) is 25.1 Å². The van der Waals surface area contributed by atoms with E-state index in [0.717, 1.165) is 5.56 Å². The summed E-state index contributed by atoms with van der Waals surface area (Å²) in [6, 6.07) is 12.9. The lowest BCUT2D eigenvalue weighted by Gasteiger charge is -2.11. The zero-order valence-electron chi connectivity index (χ0n) is 9.61. The van der Waals surface area contributed by atoms with Crippen LogP contribution in [0, 0.1) is 12.7 Å². The molecule has 17 heavy (non-hydrogen) atoms. The van der Waals surface area contributed by atoms with E-state index in [9.17, 15) is 4.39 Å². The normalized spacial score (nSPS) is 18.1. The molecule has 1 aliphatic heterocycles. The number of hydrogen-bond donors (Lipinski definition) is 0. The van der Waals surface area contributed by atoms with Crippen LogP contribution in [0.5, 0.6) is 0 Å².